The maximum Gasteiger partial charge on any atom is 0.410 e. The Balaban J connectivity index is 1.04. The van der Waals surface area contributed by atoms with Crippen molar-refractivity contribution >= 4 is 40.1 Å². The Labute approximate surface area is 357 Å². The summed E-state index contributed by atoms with van der Waals surface area (Å²) in [5, 5.41) is 2.56. The molecule has 2 saturated heterocycles. The topological polar surface area (TPSA) is 71.6 Å². The van der Waals surface area contributed by atoms with E-state index in [2.05, 4.69) is 77.7 Å². The molecule has 9 rings (SSSR count). The molecule has 0 bridgehead atoms. The highest BCUT2D eigenvalue weighted by molar-refractivity contribution is 6.34. The number of hydrogen-bond donors (Lipinski definition) is 0. The van der Waals surface area contributed by atoms with Crippen molar-refractivity contribution in [1.82, 2.24) is 9.80 Å². The first kappa shape index (κ1) is 39.6. The van der Waals surface area contributed by atoms with Gasteiger partial charge in [-0.15, -0.1) is 0 Å². The molecule has 1 unspecified atom stereocenters. The van der Waals surface area contributed by atoms with Gasteiger partial charge in [0.05, 0.1) is 16.8 Å². The first-order valence-electron chi connectivity index (χ1n) is 21.0. The molecule has 3 aliphatic heterocycles. The Morgan fingerprint density at radius 2 is 1.38 bits per heavy atom. The maximum atomic E-state index is 14.8. The molecule has 0 aliphatic carbocycles. The van der Waals surface area contributed by atoms with Crippen molar-refractivity contribution in [2.24, 2.45) is 11.8 Å². The standard InChI is InChI=1S/C51H50ClN3O5/c1-51(2,3)60-50(57)53-25-23-37(24-26-53)48-49(56)55(33-34-31-54(32-34)47(35-15-7-4-8-16-35)36-17-9-5-10-18-36)45-30-44(52)43(29-46(45)59-48)42-28-40(58-39-20-11-6-12-21-39)27-38-19-13-14-22-41(38)42/h4-22,27-30,34,37,47-48H,23-26,31-33H2,1-3H3. The van der Waals surface area contributed by atoms with Crippen LogP contribution < -0.4 is 14.4 Å². The normalized spacial score (nSPS) is 17.6. The van der Waals surface area contributed by atoms with Gasteiger partial charge in [0, 0.05) is 50.1 Å². The Kier molecular flexibility index (Phi) is 11.0. The van der Waals surface area contributed by atoms with Gasteiger partial charge in [-0.2, -0.15) is 0 Å². The van der Waals surface area contributed by atoms with E-state index < -0.39 is 11.7 Å². The van der Waals surface area contributed by atoms with Gasteiger partial charge in [0.25, 0.3) is 5.91 Å². The molecular weight excluding hydrogens is 770 g/mol. The minimum absolute atomic E-state index is 0.0631. The van der Waals surface area contributed by atoms with Crippen LogP contribution in [0.3, 0.4) is 0 Å². The van der Waals surface area contributed by atoms with Crippen LogP contribution in [0.2, 0.25) is 5.02 Å². The number of fused-ring (bicyclic) bond motifs is 2. The van der Waals surface area contributed by atoms with Crippen molar-refractivity contribution in [3.63, 3.8) is 0 Å². The quantitative estimate of drug-likeness (QED) is 0.145. The minimum atomic E-state index is -0.714. The van der Waals surface area contributed by atoms with Crippen LogP contribution in [-0.4, -0.2) is 66.2 Å². The fraction of sp³-hybridized carbons (Fsp3) is 0.294. The van der Waals surface area contributed by atoms with Crippen molar-refractivity contribution in [3.05, 3.63) is 156 Å². The number of piperidine rings is 1. The summed E-state index contributed by atoms with van der Waals surface area (Å²) >= 11 is 7.29. The fourth-order valence-corrected chi connectivity index (χ4v) is 9.24. The van der Waals surface area contributed by atoms with E-state index in [-0.39, 0.29) is 29.9 Å². The Hall–Kier alpha value is -5.83. The SMILES string of the molecule is CC(C)(C)OC(=O)N1CCC(C2Oc3cc(-c4cc(Oc5ccccc5)cc5ccccc45)c(Cl)cc3N(CC3CN(C(c4ccccc4)c4ccccc4)C3)C2=O)CC1. The average molecular weight is 820 g/mol. The molecule has 2 amide bonds. The number of anilines is 1. The third-order valence-electron chi connectivity index (χ3n) is 11.8. The van der Waals surface area contributed by atoms with Crippen molar-refractivity contribution in [1.29, 1.82) is 0 Å². The maximum absolute atomic E-state index is 14.8. The molecule has 9 heteroatoms. The van der Waals surface area contributed by atoms with Crippen LogP contribution in [-0.2, 0) is 9.53 Å². The lowest BCUT2D eigenvalue weighted by Gasteiger charge is -2.48. The third kappa shape index (κ3) is 8.32. The van der Waals surface area contributed by atoms with E-state index in [1.54, 1.807) is 4.90 Å². The van der Waals surface area contributed by atoms with Crippen LogP contribution >= 0.6 is 11.6 Å². The van der Waals surface area contributed by atoms with Gasteiger partial charge < -0.3 is 24.0 Å². The van der Waals surface area contributed by atoms with Gasteiger partial charge in [-0.25, -0.2) is 4.79 Å². The van der Waals surface area contributed by atoms with Crippen LogP contribution in [0.15, 0.2) is 140 Å². The van der Waals surface area contributed by atoms with Crippen molar-refractivity contribution in [3.8, 4) is 28.4 Å². The minimum Gasteiger partial charge on any atom is -0.478 e. The second kappa shape index (κ2) is 16.7. The number of halogens is 1. The van der Waals surface area contributed by atoms with E-state index in [9.17, 15) is 9.59 Å². The number of carbonyl (C=O) groups is 2. The smallest absolute Gasteiger partial charge is 0.410 e. The molecule has 60 heavy (non-hydrogen) atoms. The van der Waals surface area contributed by atoms with E-state index in [4.69, 9.17) is 25.8 Å². The molecule has 0 spiro atoms. The summed E-state index contributed by atoms with van der Waals surface area (Å²) in [5.74, 6) is 2.13. The molecule has 1 atom stereocenters. The largest absolute Gasteiger partial charge is 0.478 e. The van der Waals surface area contributed by atoms with Gasteiger partial charge in [0.2, 0.25) is 0 Å². The van der Waals surface area contributed by atoms with E-state index in [1.165, 1.54) is 11.1 Å². The molecular formula is C51H50ClN3O5. The lowest BCUT2D eigenvalue weighted by molar-refractivity contribution is -0.130. The highest BCUT2D eigenvalue weighted by atomic mass is 35.5. The van der Waals surface area contributed by atoms with Gasteiger partial charge in [0.15, 0.2) is 6.10 Å². The van der Waals surface area contributed by atoms with Gasteiger partial charge in [-0.1, -0.05) is 115 Å². The second-order valence-corrected chi connectivity index (χ2v) is 17.7. The van der Waals surface area contributed by atoms with E-state index in [0.717, 1.165) is 40.7 Å². The Morgan fingerprint density at radius 1 is 0.767 bits per heavy atom. The highest BCUT2D eigenvalue weighted by Gasteiger charge is 2.44. The number of benzene rings is 6. The first-order chi connectivity index (χ1) is 29.1. The summed E-state index contributed by atoms with van der Waals surface area (Å²) < 4.78 is 18.9. The number of likely N-dealkylation sites (tertiary alicyclic amines) is 2. The highest BCUT2D eigenvalue weighted by Crippen LogP contribution is 2.47. The summed E-state index contributed by atoms with van der Waals surface area (Å²) in [7, 11) is 0. The zero-order valence-corrected chi connectivity index (χ0v) is 35.1. The van der Waals surface area contributed by atoms with Crippen LogP contribution in [0.4, 0.5) is 10.5 Å². The first-order valence-corrected chi connectivity index (χ1v) is 21.4. The molecule has 0 N–H and O–H groups in total. The van der Waals surface area contributed by atoms with Crippen LogP contribution in [0.1, 0.15) is 50.8 Å². The van der Waals surface area contributed by atoms with Crippen LogP contribution in [0.25, 0.3) is 21.9 Å². The van der Waals surface area contributed by atoms with Crippen molar-refractivity contribution in [2.45, 2.75) is 51.4 Å². The fourth-order valence-electron chi connectivity index (χ4n) is 8.98. The molecule has 6 aromatic rings. The van der Waals surface area contributed by atoms with Gasteiger partial charge in [-0.05, 0) is 97.5 Å². The number of ether oxygens (including phenoxy) is 3. The molecule has 0 radical (unpaired) electrons. The van der Waals surface area contributed by atoms with Crippen molar-refractivity contribution in [2.75, 3.05) is 37.6 Å². The molecule has 3 heterocycles. The summed E-state index contributed by atoms with van der Waals surface area (Å²) in [6.07, 6.45) is 0.202. The molecule has 2 fully saturated rings. The lowest BCUT2D eigenvalue weighted by atomic mass is 9.87. The summed E-state index contributed by atoms with van der Waals surface area (Å²) in [5.41, 5.74) is 4.29. The number of amides is 2. The number of hydrogen-bond acceptors (Lipinski definition) is 6. The summed E-state index contributed by atoms with van der Waals surface area (Å²) in [6, 6.07) is 47.3. The number of para-hydroxylation sites is 1. The predicted molar refractivity (Wildman–Crippen MR) is 238 cm³/mol. The van der Waals surface area contributed by atoms with Gasteiger partial charge in [0.1, 0.15) is 22.8 Å². The van der Waals surface area contributed by atoms with Gasteiger partial charge >= 0.3 is 6.09 Å². The molecule has 306 valence electrons. The van der Waals surface area contributed by atoms with E-state index in [0.29, 0.717) is 54.7 Å². The second-order valence-electron chi connectivity index (χ2n) is 17.2. The van der Waals surface area contributed by atoms with Gasteiger partial charge in [-0.3, -0.25) is 9.69 Å². The summed E-state index contributed by atoms with van der Waals surface area (Å²) in [4.78, 5) is 34.0. The Bertz CT molecular complexity index is 2440. The van der Waals surface area contributed by atoms with E-state index >= 15 is 0 Å². The lowest BCUT2D eigenvalue weighted by Crippen LogP contribution is -2.57. The Morgan fingerprint density at radius 3 is 2.03 bits per heavy atom. The van der Waals surface area contributed by atoms with Crippen molar-refractivity contribution < 1.29 is 23.8 Å². The van der Waals surface area contributed by atoms with Crippen LogP contribution in [0, 0.1) is 11.8 Å². The van der Waals surface area contributed by atoms with Crippen LogP contribution in [0.5, 0.6) is 17.2 Å². The molecule has 8 nitrogen and oxygen atoms in total. The molecule has 0 saturated carbocycles. The monoisotopic (exact) mass is 819 g/mol. The zero-order valence-electron chi connectivity index (χ0n) is 34.3. The third-order valence-corrected chi connectivity index (χ3v) is 12.2. The summed E-state index contributed by atoms with van der Waals surface area (Å²) in [6.45, 7) is 8.80. The zero-order chi connectivity index (χ0) is 41.4. The molecule has 0 aromatic heterocycles. The number of nitrogens with zero attached hydrogens (tertiary/aromatic N) is 3. The van der Waals surface area contributed by atoms with E-state index in [1.807, 2.05) is 92.4 Å². The number of carbonyl (C=O) groups excluding carboxylic acids is 2. The average Bonchev–Trinajstić information content (AvgIpc) is 3.24. The molecule has 3 aliphatic rings. The predicted octanol–water partition coefficient (Wildman–Crippen LogP) is 11.4. The number of rotatable bonds is 9. The molecule has 6 aromatic carbocycles.